The van der Waals surface area contributed by atoms with Gasteiger partial charge in [0, 0.05) is 13.1 Å². The van der Waals surface area contributed by atoms with Crippen LogP contribution in [-0.4, -0.2) is 21.0 Å². The highest BCUT2D eigenvalue weighted by atomic mass is 15.4. The number of nitrogens with two attached hydrogens (primary N) is 1. The van der Waals surface area contributed by atoms with Crippen molar-refractivity contribution in [3.05, 3.63) is 18.0 Å². The topological polar surface area (TPSA) is 56.7 Å². The summed E-state index contributed by atoms with van der Waals surface area (Å²) < 4.78 is 1.81. The minimum atomic E-state index is 0.152. The molecule has 2 N–H and O–H groups in total. The van der Waals surface area contributed by atoms with E-state index in [1.54, 1.807) is 10.9 Å². The van der Waals surface area contributed by atoms with E-state index in [-0.39, 0.29) is 11.5 Å². The van der Waals surface area contributed by atoms with Gasteiger partial charge < -0.3 is 5.73 Å². The highest BCUT2D eigenvalue weighted by molar-refractivity contribution is 5.64. The third-order valence-electron chi connectivity index (χ3n) is 2.92. The average molecular weight is 206 g/mol. The van der Waals surface area contributed by atoms with Crippen LogP contribution in [0.15, 0.2) is 12.3 Å². The van der Waals surface area contributed by atoms with Gasteiger partial charge in [0.1, 0.15) is 0 Å². The Morgan fingerprint density at radius 1 is 1.53 bits per heavy atom. The molecule has 82 valence electrons. The summed E-state index contributed by atoms with van der Waals surface area (Å²) >= 11 is 0. The molecule has 0 fully saturated rings. The van der Waals surface area contributed by atoms with Crippen LogP contribution in [0.5, 0.6) is 0 Å². The average Bonchev–Trinajstić information content (AvgIpc) is 2.47. The molecule has 0 amide bonds. The minimum Gasteiger partial charge on any atom is -0.324 e. The van der Waals surface area contributed by atoms with Gasteiger partial charge in [-0.25, -0.2) is 4.68 Å². The van der Waals surface area contributed by atoms with Gasteiger partial charge in [-0.1, -0.05) is 25.1 Å². The highest BCUT2D eigenvalue weighted by Crippen LogP contribution is 2.38. The highest BCUT2D eigenvalue weighted by Gasteiger charge is 2.28. The zero-order valence-corrected chi connectivity index (χ0v) is 9.57. The van der Waals surface area contributed by atoms with Gasteiger partial charge >= 0.3 is 0 Å². The SMILES string of the molecule is Cn1nncc1C1=CC(N)CC(C)(C)C1. The number of rotatable bonds is 1. The third-order valence-corrected chi connectivity index (χ3v) is 2.92. The van der Waals surface area contributed by atoms with Gasteiger partial charge in [0.15, 0.2) is 0 Å². The molecule has 0 saturated heterocycles. The van der Waals surface area contributed by atoms with E-state index in [0.717, 1.165) is 18.5 Å². The van der Waals surface area contributed by atoms with E-state index in [1.165, 1.54) is 5.57 Å². The Labute approximate surface area is 90.2 Å². The molecule has 4 heteroatoms. The summed E-state index contributed by atoms with van der Waals surface area (Å²) in [5.41, 5.74) is 8.65. The first-order valence-electron chi connectivity index (χ1n) is 5.29. The van der Waals surface area contributed by atoms with Crippen LogP contribution in [0, 0.1) is 5.41 Å². The van der Waals surface area contributed by atoms with Crippen LogP contribution in [0.3, 0.4) is 0 Å². The summed E-state index contributed by atoms with van der Waals surface area (Å²) in [5, 5.41) is 7.85. The van der Waals surface area contributed by atoms with Crippen molar-refractivity contribution in [1.82, 2.24) is 15.0 Å². The monoisotopic (exact) mass is 206 g/mol. The van der Waals surface area contributed by atoms with E-state index in [9.17, 15) is 0 Å². The number of hydrogen-bond donors (Lipinski definition) is 1. The maximum atomic E-state index is 6.03. The standard InChI is InChI=1S/C11H18N4/c1-11(2)5-8(4-9(12)6-11)10-7-13-14-15(10)3/h4,7,9H,5-6,12H2,1-3H3. The van der Waals surface area contributed by atoms with E-state index >= 15 is 0 Å². The molecule has 0 radical (unpaired) electrons. The molecule has 4 nitrogen and oxygen atoms in total. The van der Waals surface area contributed by atoms with E-state index in [2.05, 4.69) is 30.2 Å². The second-order valence-corrected chi connectivity index (χ2v) is 5.14. The van der Waals surface area contributed by atoms with Crippen LogP contribution < -0.4 is 5.73 Å². The lowest BCUT2D eigenvalue weighted by Crippen LogP contribution is -2.30. The summed E-state index contributed by atoms with van der Waals surface area (Å²) in [6, 6.07) is 0.152. The number of nitrogens with zero attached hydrogens (tertiary/aromatic N) is 3. The van der Waals surface area contributed by atoms with Gasteiger partial charge in [0.05, 0.1) is 11.9 Å². The van der Waals surface area contributed by atoms with Crippen molar-refractivity contribution in [1.29, 1.82) is 0 Å². The Bertz CT molecular complexity index is 389. The molecule has 15 heavy (non-hydrogen) atoms. The fourth-order valence-electron chi connectivity index (χ4n) is 2.36. The lowest BCUT2D eigenvalue weighted by atomic mass is 9.75. The molecule has 0 saturated carbocycles. The van der Waals surface area contributed by atoms with Crippen LogP contribution in [0.4, 0.5) is 0 Å². The van der Waals surface area contributed by atoms with Crippen molar-refractivity contribution in [3.63, 3.8) is 0 Å². The van der Waals surface area contributed by atoms with Gasteiger partial charge in [-0.05, 0) is 23.8 Å². The molecule has 1 aromatic heterocycles. The molecule has 0 spiro atoms. The van der Waals surface area contributed by atoms with Crippen molar-refractivity contribution in [2.24, 2.45) is 18.2 Å². The van der Waals surface area contributed by atoms with Gasteiger partial charge in [-0.2, -0.15) is 0 Å². The summed E-state index contributed by atoms with van der Waals surface area (Å²) in [6.45, 7) is 4.51. The summed E-state index contributed by atoms with van der Waals surface area (Å²) in [7, 11) is 1.91. The number of aryl methyl sites for hydroxylation is 1. The van der Waals surface area contributed by atoms with Crippen LogP contribution in [0.25, 0.3) is 5.57 Å². The van der Waals surface area contributed by atoms with Crippen LogP contribution >= 0.6 is 0 Å². The molecule has 0 aromatic carbocycles. The first-order chi connectivity index (χ1) is 6.98. The number of aromatic nitrogens is 3. The van der Waals surface area contributed by atoms with Crippen molar-refractivity contribution in [2.45, 2.75) is 32.7 Å². The molecule has 1 atom stereocenters. The molecule has 1 aliphatic rings. The zero-order valence-electron chi connectivity index (χ0n) is 9.57. The van der Waals surface area contributed by atoms with Crippen molar-refractivity contribution in [3.8, 4) is 0 Å². The lowest BCUT2D eigenvalue weighted by Gasteiger charge is -2.32. The quantitative estimate of drug-likeness (QED) is 0.754. The first kappa shape index (κ1) is 10.4. The van der Waals surface area contributed by atoms with E-state index < -0.39 is 0 Å². The minimum absolute atomic E-state index is 0.152. The molecule has 1 aliphatic carbocycles. The van der Waals surface area contributed by atoms with Crippen LogP contribution in [0.2, 0.25) is 0 Å². The van der Waals surface area contributed by atoms with Crippen LogP contribution in [-0.2, 0) is 7.05 Å². The number of allylic oxidation sites excluding steroid dienone is 1. The molecular formula is C11H18N4. The Hall–Kier alpha value is -1.16. The summed E-state index contributed by atoms with van der Waals surface area (Å²) in [4.78, 5) is 0. The summed E-state index contributed by atoms with van der Waals surface area (Å²) in [5.74, 6) is 0. The van der Waals surface area contributed by atoms with Crippen molar-refractivity contribution >= 4 is 5.57 Å². The molecule has 0 aliphatic heterocycles. The molecule has 1 unspecified atom stereocenters. The van der Waals surface area contributed by atoms with Crippen molar-refractivity contribution < 1.29 is 0 Å². The number of hydrogen-bond acceptors (Lipinski definition) is 3. The Balaban J connectivity index is 2.34. The van der Waals surface area contributed by atoms with Crippen LogP contribution in [0.1, 0.15) is 32.4 Å². The summed E-state index contributed by atoms with van der Waals surface area (Å²) in [6.07, 6.45) is 6.04. The molecule has 1 heterocycles. The smallest absolute Gasteiger partial charge is 0.0839 e. The Kier molecular flexibility index (Phi) is 2.38. The zero-order chi connectivity index (χ0) is 11.1. The van der Waals surface area contributed by atoms with Crippen molar-refractivity contribution in [2.75, 3.05) is 0 Å². The molecule has 1 aromatic rings. The van der Waals surface area contributed by atoms with E-state index in [4.69, 9.17) is 5.73 Å². The maximum absolute atomic E-state index is 6.03. The van der Waals surface area contributed by atoms with Gasteiger partial charge in [-0.15, -0.1) is 5.10 Å². The molecule has 2 rings (SSSR count). The van der Waals surface area contributed by atoms with Gasteiger partial charge in [0.2, 0.25) is 0 Å². The fourth-order valence-corrected chi connectivity index (χ4v) is 2.36. The van der Waals surface area contributed by atoms with E-state index in [1.807, 2.05) is 7.05 Å². The fraction of sp³-hybridized carbons (Fsp3) is 0.636. The Morgan fingerprint density at radius 2 is 2.27 bits per heavy atom. The van der Waals surface area contributed by atoms with Gasteiger partial charge in [-0.3, -0.25) is 0 Å². The molecule has 0 bridgehead atoms. The van der Waals surface area contributed by atoms with Gasteiger partial charge in [0.25, 0.3) is 0 Å². The molecular weight excluding hydrogens is 188 g/mol. The second-order valence-electron chi connectivity index (χ2n) is 5.14. The maximum Gasteiger partial charge on any atom is 0.0839 e. The normalized spacial score (nSPS) is 25.1. The predicted molar refractivity (Wildman–Crippen MR) is 60.0 cm³/mol. The Morgan fingerprint density at radius 3 is 2.80 bits per heavy atom. The lowest BCUT2D eigenvalue weighted by molar-refractivity contribution is 0.318. The second kappa shape index (κ2) is 3.45. The van der Waals surface area contributed by atoms with E-state index in [0.29, 0.717) is 0 Å². The largest absolute Gasteiger partial charge is 0.324 e. The predicted octanol–water partition coefficient (Wildman–Crippen LogP) is 1.35. The first-order valence-corrected chi connectivity index (χ1v) is 5.29. The third kappa shape index (κ3) is 2.09.